The van der Waals surface area contributed by atoms with E-state index in [1.54, 1.807) is 6.07 Å². The van der Waals surface area contributed by atoms with Gasteiger partial charge in [0.15, 0.2) is 6.61 Å². The number of halogens is 1. The van der Waals surface area contributed by atoms with Crippen LogP contribution in [0.2, 0.25) is 5.15 Å². The molecule has 29 heavy (non-hydrogen) atoms. The van der Waals surface area contributed by atoms with Crippen molar-refractivity contribution in [3.8, 4) is 11.8 Å². The molecule has 0 saturated carbocycles. The number of aromatic nitrogens is 3. The minimum Gasteiger partial charge on any atom is -0.382 e. The molecule has 0 aliphatic rings. The van der Waals surface area contributed by atoms with Crippen molar-refractivity contribution in [2.45, 2.75) is 13.8 Å². The van der Waals surface area contributed by atoms with Gasteiger partial charge in [0.1, 0.15) is 16.6 Å². The summed E-state index contributed by atoms with van der Waals surface area (Å²) in [6.45, 7) is 3.94. The normalized spacial score (nSPS) is 11.3. The quantitative estimate of drug-likeness (QED) is 0.122. The number of nitrogens with zero attached hydrogens (tertiary/aromatic N) is 4. The van der Waals surface area contributed by atoms with E-state index in [1.165, 1.54) is 0 Å². The van der Waals surface area contributed by atoms with Crippen LogP contribution < -0.4 is 0 Å². The van der Waals surface area contributed by atoms with Gasteiger partial charge in [0.2, 0.25) is 0 Å². The molecular weight excluding hydrogens is 384 g/mol. The fourth-order valence-corrected chi connectivity index (χ4v) is 3.04. The van der Waals surface area contributed by atoms with Crippen molar-refractivity contribution in [2.24, 2.45) is 5.16 Å². The second-order valence-electron chi connectivity index (χ2n) is 6.46. The molecule has 142 valence electrons. The van der Waals surface area contributed by atoms with Crippen LogP contribution in [0.4, 0.5) is 0 Å². The lowest BCUT2D eigenvalue weighted by molar-refractivity contribution is 0.179. The van der Waals surface area contributed by atoms with Crippen LogP contribution >= 0.6 is 11.6 Å². The zero-order valence-corrected chi connectivity index (χ0v) is 16.7. The summed E-state index contributed by atoms with van der Waals surface area (Å²) in [5.41, 5.74) is 4.60. The molecule has 4 aromatic rings. The van der Waals surface area contributed by atoms with Crippen LogP contribution in [0.3, 0.4) is 0 Å². The minimum absolute atomic E-state index is 0.155. The second-order valence-corrected chi connectivity index (χ2v) is 6.84. The fraction of sp³-hybridized carbons (Fsp3) is 0.130. The van der Waals surface area contributed by atoms with E-state index < -0.39 is 0 Å². The summed E-state index contributed by atoms with van der Waals surface area (Å²) in [7, 11) is 0. The molecule has 1 aromatic carbocycles. The van der Waals surface area contributed by atoms with Gasteiger partial charge >= 0.3 is 0 Å². The molecule has 0 fully saturated rings. The van der Waals surface area contributed by atoms with Gasteiger partial charge in [-0.2, -0.15) is 0 Å². The minimum atomic E-state index is 0.155. The number of pyridine rings is 3. The molecule has 0 amide bonds. The molecule has 0 N–H and O–H groups in total. The van der Waals surface area contributed by atoms with Gasteiger partial charge in [0, 0.05) is 16.5 Å². The summed E-state index contributed by atoms with van der Waals surface area (Å²) in [5, 5.41) is 6.48. The third-order valence-corrected chi connectivity index (χ3v) is 4.51. The molecule has 0 spiro atoms. The van der Waals surface area contributed by atoms with Crippen molar-refractivity contribution >= 4 is 39.1 Å². The van der Waals surface area contributed by atoms with Crippen LogP contribution in [0.25, 0.3) is 21.8 Å². The largest absolute Gasteiger partial charge is 0.382 e. The van der Waals surface area contributed by atoms with Gasteiger partial charge < -0.3 is 4.84 Å². The van der Waals surface area contributed by atoms with E-state index in [1.807, 2.05) is 62.4 Å². The smallest absolute Gasteiger partial charge is 0.177 e. The summed E-state index contributed by atoms with van der Waals surface area (Å²) in [6, 6.07) is 17.3. The molecule has 4 rings (SSSR count). The maximum atomic E-state index is 6.06. The number of rotatable bonds is 3. The average molecular weight is 401 g/mol. The third-order valence-electron chi connectivity index (χ3n) is 4.30. The Morgan fingerprint density at radius 1 is 0.966 bits per heavy atom. The number of fused-ring (bicyclic) bond motifs is 3. The van der Waals surface area contributed by atoms with Gasteiger partial charge in [-0.1, -0.05) is 40.9 Å². The molecular formula is C23H17ClN4O. The predicted octanol–water partition coefficient (Wildman–Crippen LogP) is 4.93. The topological polar surface area (TPSA) is 60.3 Å². The number of aryl methyl sites for hydroxylation is 1. The zero-order chi connectivity index (χ0) is 20.2. The van der Waals surface area contributed by atoms with Crippen LogP contribution in [0.15, 0.2) is 59.8 Å². The molecule has 0 radical (unpaired) electrons. The van der Waals surface area contributed by atoms with Gasteiger partial charge in [-0.3, -0.25) is 4.98 Å². The number of hydrogen-bond acceptors (Lipinski definition) is 5. The van der Waals surface area contributed by atoms with Crippen molar-refractivity contribution < 1.29 is 4.84 Å². The Hall–Kier alpha value is -3.49. The highest BCUT2D eigenvalue weighted by molar-refractivity contribution is 6.30. The first-order valence-electron chi connectivity index (χ1n) is 9.06. The lowest BCUT2D eigenvalue weighted by Gasteiger charge is -2.03. The van der Waals surface area contributed by atoms with E-state index in [9.17, 15) is 0 Å². The van der Waals surface area contributed by atoms with Crippen molar-refractivity contribution in [3.63, 3.8) is 0 Å². The Labute approximate surface area is 173 Å². The molecule has 0 aliphatic heterocycles. The maximum absolute atomic E-state index is 6.06. The van der Waals surface area contributed by atoms with Crippen molar-refractivity contribution in [2.75, 3.05) is 6.61 Å². The first-order valence-corrected chi connectivity index (χ1v) is 9.43. The van der Waals surface area contributed by atoms with Gasteiger partial charge in [-0.25, -0.2) is 9.97 Å². The van der Waals surface area contributed by atoms with Crippen molar-refractivity contribution in [1.29, 1.82) is 0 Å². The Morgan fingerprint density at radius 3 is 2.48 bits per heavy atom. The molecule has 0 atom stereocenters. The van der Waals surface area contributed by atoms with E-state index in [4.69, 9.17) is 16.4 Å². The molecule has 6 heteroatoms. The summed E-state index contributed by atoms with van der Waals surface area (Å²) in [4.78, 5) is 18.8. The summed E-state index contributed by atoms with van der Waals surface area (Å²) in [5.74, 6) is 5.94. The van der Waals surface area contributed by atoms with Gasteiger partial charge in [-0.15, -0.1) is 0 Å². The van der Waals surface area contributed by atoms with E-state index in [0.717, 1.165) is 33.2 Å². The first kappa shape index (κ1) is 18.9. The average Bonchev–Trinajstić information content (AvgIpc) is 2.73. The maximum Gasteiger partial charge on any atom is 0.177 e. The van der Waals surface area contributed by atoms with E-state index in [0.29, 0.717) is 16.6 Å². The fourth-order valence-electron chi connectivity index (χ4n) is 2.89. The van der Waals surface area contributed by atoms with Crippen LogP contribution in [0.1, 0.15) is 24.0 Å². The highest BCUT2D eigenvalue weighted by Gasteiger charge is 2.05. The van der Waals surface area contributed by atoms with Gasteiger partial charge in [-0.05, 0) is 56.2 Å². The monoisotopic (exact) mass is 400 g/mol. The molecule has 0 bridgehead atoms. The Balaban J connectivity index is 1.51. The third kappa shape index (κ3) is 4.34. The van der Waals surface area contributed by atoms with Crippen LogP contribution in [0, 0.1) is 18.8 Å². The molecule has 3 heterocycles. The summed E-state index contributed by atoms with van der Waals surface area (Å²) < 4.78 is 0. The lowest BCUT2D eigenvalue weighted by Crippen LogP contribution is -2.00. The highest BCUT2D eigenvalue weighted by atomic mass is 35.5. The zero-order valence-electron chi connectivity index (χ0n) is 16.0. The van der Waals surface area contributed by atoms with E-state index in [-0.39, 0.29) is 6.61 Å². The van der Waals surface area contributed by atoms with Crippen LogP contribution in [-0.4, -0.2) is 27.3 Å². The van der Waals surface area contributed by atoms with E-state index in [2.05, 4.69) is 31.9 Å². The second kappa shape index (κ2) is 8.26. The number of benzene rings is 1. The Bertz CT molecular complexity index is 1300. The van der Waals surface area contributed by atoms with Crippen molar-refractivity contribution in [1.82, 2.24) is 15.0 Å². The van der Waals surface area contributed by atoms with E-state index >= 15 is 0 Å². The first-order chi connectivity index (χ1) is 14.1. The molecule has 0 unspecified atom stereocenters. The number of oxime groups is 1. The molecule has 0 saturated heterocycles. The number of hydrogen-bond donors (Lipinski definition) is 0. The standard InChI is InChI=1S/C23H17ClN4O/c1-15-5-3-7-20(25-15)16(2)28-29-14-4-6-19-12-10-17-8-9-18-11-13-21(24)27-23(18)22(17)26-19/h3,5,7-13H,14H2,1-2H3/b28-16+. The molecule has 3 aromatic heterocycles. The molecule has 5 nitrogen and oxygen atoms in total. The molecule has 0 aliphatic carbocycles. The summed E-state index contributed by atoms with van der Waals surface area (Å²) in [6.07, 6.45) is 0. The van der Waals surface area contributed by atoms with Gasteiger partial charge in [0.25, 0.3) is 0 Å². The van der Waals surface area contributed by atoms with Crippen LogP contribution in [0.5, 0.6) is 0 Å². The Morgan fingerprint density at radius 2 is 1.69 bits per heavy atom. The lowest BCUT2D eigenvalue weighted by atomic mass is 10.1. The summed E-state index contributed by atoms with van der Waals surface area (Å²) >= 11 is 6.06. The highest BCUT2D eigenvalue weighted by Crippen LogP contribution is 2.24. The van der Waals surface area contributed by atoms with Crippen LogP contribution in [-0.2, 0) is 4.84 Å². The Kier molecular flexibility index (Phi) is 5.37. The SMILES string of the molecule is C/C(=N\OCC#Cc1ccc2ccc3ccc(Cl)nc3c2n1)c1cccc(C)n1. The van der Waals surface area contributed by atoms with Gasteiger partial charge in [0.05, 0.1) is 16.7 Å². The van der Waals surface area contributed by atoms with Crippen molar-refractivity contribution in [3.05, 3.63) is 76.8 Å². The predicted molar refractivity (Wildman–Crippen MR) is 116 cm³/mol.